The number of hydrogen-bond acceptors (Lipinski definition) is 3. The number of aryl methyl sites for hydroxylation is 2. The minimum Gasteiger partial charge on any atom is -0.384 e. The van der Waals surface area contributed by atoms with Gasteiger partial charge in [0.05, 0.1) is 5.52 Å². The Kier molecular flexibility index (Phi) is 2.55. The fourth-order valence-corrected chi connectivity index (χ4v) is 2.51. The molecular formula is C14H17N5. The summed E-state index contributed by atoms with van der Waals surface area (Å²) in [6.45, 7) is 2.09. The van der Waals surface area contributed by atoms with Crippen LogP contribution in [0.5, 0.6) is 0 Å². The first-order valence-electron chi connectivity index (χ1n) is 6.37. The third kappa shape index (κ3) is 1.62. The molecule has 0 atom stereocenters. The zero-order chi connectivity index (χ0) is 13.6. The van der Waals surface area contributed by atoms with E-state index in [1.54, 1.807) is 4.68 Å². The number of nitrogens with two attached hydrogens (primary N) is 1. The molecule has 0 saturated heterocycles. The van der Waals surface area contributed by atoms with Crippen LogP contribution in [-0.2, 0) is 20.5 Å². The van der Waals surface area contributed by atoms with E-state index in [0.29, 0.717) is 5.82 Å². The Morgan fingerprint density at radius 2 is 1.74 bits per heavy atom. The molecule has 19 heavy (non-hydrogen) atoms. The molecule has 0 amide bonds. The molecule has 0 aliphatic rings. The lowest BCUT2D eigenvalue weighted by molar-refractivity contribution is 0.772. The van der Waals surface area contributed by atoms with E-state index in [9.17, 15) is 0 Å². The molecule has 0 aliphatic carbocycles. The zero-order valence-corrected chi connectivity index (χ0v) is 11.4. The fourth-order valence-electron chi connectivity index (χ4n) is 2.51. The van der Waals surface area contributed by atoms with E-state index in [1.165, 1.54) is 0 Å². The maximum Gasteiger partial charge on any atom is 0.125 e. The smallest absolute Gasteiger partial charge is 0.125 e. The first-order chi connectivity index (χ1) is 9.13. The first-order valence-corrected chi connectivity index (χ1v) is 6.37. The zero-order valence-electron chi connectivity index (χ0n) is 11.4. The molecule has 0 radical (unpaired) electrons. The number of nitrogens with zero attached hydrogens (tertiary/aromatic N) is 4. The van der Waals surface area contributed by atoms with Crippen molar-refractivity contribution in [1.29, 1.82) is 0 Å². The van der Waals surface area contributed by atoms with E-state index in [1.807, 2.05) is 30.9 Å². The summed E-state index contributed by atoms with van der Waals surface area (Å²) in [6, 6.07) is 8.17. The molecule has 98 valence electrons. The van der Waals surface area contributed by atoms with Gasteiger partial charge in [0, 0.05) is 25.0 Å². The molecule has 2 aromatic heterocycles. The molecule has 5 nitrogen and oxygen atoms in total. The van der Waals surface area contributed by atoms with Crippen molar-refractivity contribution in [2.45, 2.75) is 13.3 Å². The average molecular weight is 255 g/mol. The van der Waals surface area contributed by atoms with Crippen LogP contribution in [0.25, 0.3) is 22.3 Å². The number of benzene rings is 1. The van der Waals surface area contributed by atoms with Gasteiger partial charge < -0.3 is 5.73 Å². The number of hydrogen-bond donors (Lipinski definition) is 1. The van der Waals surface area contributed by atoms with Crippen LogP contribution in [0.2, 0.25) is 0 Å². The van der Waals surface area contributed by atoms with E-state index < -0.39 is 0 Å². The third-order valence-corrected chi connectivity index (χ3v) is 3.53. The molecule has 0 spiro atoms. The largest absolute Gasteiger partial charge is 0.384 e. The highest BCUT2D eigenvalue weighted by atomic mass is 15.3. The van der Waals surface area contributed by atoms with E-state index in [4.69, 9.17) is 5.73 Å². The van der Waals surface area contributed by atoms with E-state index >= 15 is 0 Å². The molecule has 0 saturated carbocycles. The van der Waals surface area contributed by atoms with Crippen molar-refractivity contribution in [3.05, 3.63) is 29.8 Å². The Balaban J connectivity index is 2.34. The van der Waals surface area contributed by atoms with Gasteiger partial charge in [-0.1, -0.05) is 25.1 Å². The summed E-state index contributed by atoms with van der Waals surface area (Å²) in [5.41, 5.74) is 10.0. The van der Waals surface area contributed by atoms with Gasteiger partial charge in [-0.05, 0) is 12.5 Å². The lowest BCUT2D eigenvalue weighted by Gasteiger charge is -1.97. The van der Waals surface area contributed by atoms with Crippen LogP contribution in [0.4, 0.5) is 5.82 Å². The van der Waals surface area contributed by atoms with Gasteiger partial charge in [0.25, 0.3) is 0 Å². The van der Waals surface area contributed by atoms with E-state index in [-0.39, 0.29) is 0 Å². The number of anilines is 1. The first kappa shape index (κ1) is 11.8. The van der Waals surface area contributed by atoms with Gasteiger partial charge >= 0.3 is 0 Å². The lowest BCUT2D eigenvalue weighted by atomic mass is 10.1. The van der Waals surface area contributed by atoms with E-state index in [2.05, 4.69) is 29.3 Å². The summed E-state index contributed by atoms with van der Waals surface area (Å²) in [7, 11) is 3.81. The lowest BCUT2D eigenvalue weighted by Crippen LogP contribution is -1.98. The minimum absolute atomic E-state index is 0.715. The second-order valence-corrected chi connectivity index (χ2v) is 4.68. The van der Waals surface area contributed by atoms with Crippen LogP contribution in [0.3, 0.4) is 0 Å². The Labute approximate surface area is 111 Å². The molecule has 0 fully saturated rings. The van der Waals surface area contributed by atoms with Crippen molar-refractivity contribution < 1.29 is 0 Å². The van der Waals surface area contributed by atoms with E-state index in [0.717, 1.165) is 34.3 Å². The molecule has 0 aliphatic heterocycles. The Morgan fingerprint density at radius 1 is 1.05 bits per heavy atom. The summed E-state index contributed by atoms with van der Waals surface area (Å²) < 4.78 is 3.60. The maximum absolute atomic E-state index is 6.07. The van der Waals surface area contributed by atoms with Crippen molar-refractivity contribution in [3.8, 4) is 11.4 Å². The highest BCUT2D eigenvalue weighted by molar-refractivity contribution is 5.93. The molecule has 0 unspecified atom stereocenters. The standard InChI is InChI=1S/C14H17N5/c1-4-9-12(17-19(3)14(9)15)13-10-7-5-6-8-11(10)18(2)16-13/h5-8H,4,15H2,1-3H3. The highest BCUT2D eigenvalue weighted by Gasteiger charge is 2.19. The molecule has 0 bridgehead atoms. The third-order valence-electron chi connectivity index (χ3n) is 3.53. The molecule has 3 rings (SSSR count). The van der Waals surface area contributed by atoms with Gasteiger partial charge in [-0.2, -0.15) is 10.2 Å². The van der Waals surface area contributed by atoms with Crippen LogP contribution in [0, 0.1) is 0 Å². The predicted octanol–water partition coefficient (Wildman–Crippen LogP) is 2.12. The Morgan fingerprint density at radius 3 is 2.47 bits per heavy atom. The van der Waals surface area contributed by atoms with Crippen LogP contribution in [-0.4, -0.2) is 19.6 Å². The number of fused-ring (bicyclic) bond motifs is 1. The molecule has 5 heteroatoms. The summed E-state index contributed by atoms with van der Waals surface area (Å²) >= 11 is 0. The number of para-hydroxylation sites is 1. The Bertz CT molecular complexity index is 751. The number of aromatic nitrogens is 4. The molecule has 2 heterocycles. The van der Waals surface area contributed by atoms with Gasteiger partial charge in [-0.25, -0.2) is 0 Å². The van der Waals surface area contributed by atoms with Crippen molar-refractivity contribution in [3.63, 3.8) is 0 Å². The van der Waals surface area contributed by atoms with Crippen molar-refractivity contribution in [1.82, 2.24) is 19.6 Å². The second-order valence-electron chi connectivity index (χ2n) is 4.68. The maximum atomic E-state index is 6.07. The fraction of sp³-hybridized carbons (Fsp3) is 0.286. The summed E-state index contributed by atoms with van der Waals surface area (Å²) in [4.78, 5) is 0. The van der Waals surface area contributed by atoms with Crippen molar-refractivity contribution >= 4 is 16.7 Å². The normalized spacial score (nSPS) is 11.3. The number of rotatable bonds is 2. The quantitative estimate of drug-likeness (QED) is 0.763. The predicted molar refractivity (Wildman–Crippen MR) is 76.7 cm³/mol. The van der Waals surface area contributed by atoms with Crippen LogP contribution in [0.15, 0.2) is 24.3 Å². The second kappa shape index (κ2) is 4.12. The molecule has 2 N–H and O–H groups in total. The molecular weight excluding hydrogens is 238 g/mol. The average Bonchev–Trinajstić information content (AvgIpc) is 2.89. The van der Waals surface area contributed by atoms with Crippen molar-refractivity contribution in [2.75, 3.05) is 5.73 Å². The van der Waals surface area contributed by atoms with Gasteiger partial charge in [0.15, 0.2) is 0 Å². The number of nitrogen functional groups attached to an aromatic ring is 1. The van der Waals surface area contributed by atoms with Gasteiger partial charge in [0.1, 0.15) is 17.2 Å². The summed E-state index contributed by atoms with van der Waals surface area (Å²) in [5.74, 6) is 0.715. The van der Waals surface area contributed by atoms with Crippen molar-refractivity contribution in [2.24, 2.45) is 14.1 Å². The highest BCUT2D eigenvalue weighted by Crippen LogP contribution is 2.31. The van der Waals surface area contributed by atoms with Gasteiger partial charge in [-0.15, -0.1) is 0 Å². The monoisotopic (exact) mass is 255 g/mol. The molecule has 3 aromatic rings. The van der Waals surface area contributed by atoms with Gasteiger partial charge in [-0.3, -0.25) is 9.36 Å². The summed E-state index contributed by atoms with van der Waals surface area (Å²) in [5, 5.41) is 10.2. The molecule has 1 aromatic carbocycles. The SMILES string of the molecule is CCc1c(-c2nn(C)c3ccccc23)nn(C)c1N. The van der Waals surface area contributed by atoms with Crippen LogP contribution in [0.1, 0.15) is 12.5 Å². The topological polar surface area (TPSA) is 61.7 Å². The Hall–Kier alpha value is -2.30. The van der Waals surface area contributed by atoms with Crippen LogP contribution >= 0.6 is 0 Å². The summed E-state index contributed by atoms with van der Waals surface area (Å²) in [6.07, 6.45) is 0.847. The van der Waals surface area contributed by atoms with Crippen LogP contribution < -0.4 is 5.73 Å². The minimum atomic E-state index is 0.715. The van der Waals surface area contributed by atoms with Gasteiger partial charge in [0.2, 0.25) is 0 Å².